The third-order valence-corrected chi connectivity index (χ3v) is 5.32. The minimum absolute atomic E-state index is 0.0110. The number of aromatic nitrogens is 2. The Hall–Kier alpha value is -3.38. The maximum atomic E-state index is 12.9. The molecule has 6 heteroatoms. The number of rotatable bonds is 6. The predicted octanol–water partition coefficient (Wildman–Crippen LogP) is 3.56. The van der Waals surface area contributed by atoms with Crippen LogP contribution in [0, 0.1) is 0 Å². The summed E-state index contributed by atoms with van der Waals surface area (Å²) in [5.74, 6) is 0.725. The Bertz CT molecular complexity index is 1000. The van der Waals surface area contributed by atoms with Crippen LogP contribution in [0.2, 0.25) is 0 Å². The molecule has 1 aliphatic rings. The number of piperazine rings is 1. The molecule has 1 amide bonds. The number of carbonyl (C=O) groups excluding carboxylic acids is 1. The molecule has 0 aliphatic carbocycles. The van der Waals surface area contributed by atoms with Gasteiger partial charge < -0.3 is 9.64 Å². The zero-order valence-electron chi connectivity index (χ0n) is 17.1. The Morgan fingerprint density at radius 1 is 1.07 bits per heavy atom. The number of benzene rings is 2. The summed E-state index contributed by atoms with van der Waals surface area (Å²) in [6, 6.07) is 19.8. The standard InChI is InChI=1S/C24H26N4O2/c1-30-23-12-6-5-11-20(23)21-18-22(26-25-21)24(29)28-16-14-27(15-17-28)13-7-10-19-8-3-2-4-9-19/h2-12,18H,13-17H2,1H3,(H,25,26). The van der Waals surface area contributed by atoms with E-state index in [2.05, 4.69) is 39.4 Å². The summed E-state index contributed by atoms with van der Waals surface area (Å²) < 4.78 is 5.40. The largest absolute Gasteiger partial charge is 0.496 e. The fourth-order valence-corrected chi connectivity index (χ4v) is 3.63. The monoisotopic (exact) mass is 402 g/mol. The van der Waals surface area contributed by atoms with Crippen molar-refractivity contribution in [1.29, 1.82) is 0 Å². The molecule has 2 heterocycles. The summed E-state index contributed by atoms with van der Waals surface area (Å²) in [6.45, 7) is 4.03. The van der Waals surface area contributed by atoms with Gasteiger partial charge in [0.2, 0.25) is 0 Å². The van der Waals surface area contributed by atoms with Gasteiger partial charge in [-0.05, 0) is 23.8 Å². The number of hydrogen-bond donors (Lipinski definition) is 1. The van der Waals surface area contributed by atoms with E-state index in [-0.39, 0.29) is 5.91 Å². The second-order valence-electron chi connectivity index (χ2n) is 7.27. The highest BCUT2D eigenvalue weighted by Gasteiger charge is 2.23. The molecule has 0 radical (unpaired) electrons. The highest BCUT2D eigenvalue weighted by Crippen LogP contribution is 2.28. The van der Waals surface area contributed by atoms with Crippen molar-refractivity contribution in [1.82, 2.24) is 20.0 Å². The highest BCUT2D eigenvalue weighted by molar-refractivity contribution is 5.93. The first-order valence-corrected chi connectivity index (χ1v) is 10.2. The van der Waals surface area contributed by atoms with E-state index in [4.69, 9.17) is 4.74 Å². The van der Waals surface area contributed by atoms with Gasteiger partial charge in [-0.1, -0.05) is 54.6 Å². The van der Waals surface area contributed by atoms with Crippen molar-refractivity contribution < 1.29 is 9.53 Å². The normalized spacial score (nSPS) is 14.9. The van der Waals surface area contributed by atoms with Gasteiger partial charge in [0.05, 0.1) is 12.8 Å². The van der Waals surface area contributed by atoms with Gasteiger partial charge in [-0.15, -0.1) is 0 Å². The molecule has 0 atom stereocenters. The summed E-state index contributed by atoms with van der Waals surface area (Å²) in [6.07, 6.45) is 4.32. The lowest BCUT2D eigenvalue weighted by Crippen LogP contribution is -2.48. The Kier molecular flexibility index (Phi) is 6.25. The van der Waals surface area contributed by atoms with Crippen molar-refractivity contribution in [3.63, 3.8) is 0 Å². The minimum Gasteiger partial charge on any atom is -0.496 e. The molecule has 1 aromatic heterocycles. The van der Waals surface area contributed by atoms with Crippen LogP contribution in [0.25, 0.3) is 17.3 Å². The van der Waals surface area contributed by atoms with Crippen molar-refractivity contribution in [3.05, 3.63) is 78.0 Å². The Morgan fingerprint density at radius 2 is 1.80 bits per heavy atom. The van der Waals surface area contributed by atoms with Gasteiger partial charge in [-0.2, -0.15) is 5.10 Å². The molecule has 0 spiro atoms. The predicted molar refractivity (Wildman–Crippen MR) is 118 cm³/mol. The molecule has 0 bridgehead atoms. The average molecular weight is 402 g/mol. The number of para-hydroxylation sites is 1. The number of ether oxygens (including phenoxy) is 1. The number of aromatic amines is 1. The van der Waals surface area contributed by atoms with Crippen LogP contribution in [-0.2, 0) is 0 Å². The van der Waals surface area contributed by atoms with Gasteiger partial charge in [-0.3, -0.25) is 14.8 Å². The number of nitrogens with one attached hydrogen (secondary N) is 1. The number of hydrogen-bond acceptors (Lipinski definition) is 4. The van der Waals surface area contributed by atoms with Gasteiger partial charge in [0.25, 0.3) is 5.91 Å². The van der Waals surface area contributed by atoms with E-state index in [0.29, 0.717) is 24.5 Å². The number of amides is 1. The molecule has 3 aromatic rings. The van der Waals surface area contributed by atoms with Gasteiger partial charge >= 0.3 is 0 Å². The van der Waals surface area contributed by atoms with E-state index < -0.39 is 0 Å². The number of methoxy groups -OCH3 is 1. The molecule has 0 saturated carbocycles. The zero-order valence-corrected chi connectivity index (χ0v) is 17.1. The van der Waals surface area contributed by atoms with E-state index in [1.807, 2.05) is 47.4 Å². The summed E-state index contributed by atoms with van der Waals surface area (Å²) in [5, 5.41) is 7.22. The average Bonchev–Trinajstić information content (AvgIpc) is 3.30. The van der Waals surface area contributed by atoms with E-state index in [9.17, 15) is 4.79 Å². The van der Waals surface area contributed by atoms with Crippen molar-refractivity contribution in [2.75, 3.05) is 39.8 Å². The van der Waals surface area contributed by atoms with Gasteiger partial charge in [0.1, 0.15) is 11.4 Å². The lowest BCUT2D eigenvalue weighted by atomic mass is 10.1. The Labute approximate surface area is 176 Å². The van der Waals surface area contributed by atoms with Crippen LogP contribution in [-0.4, -0.2) is 65.7 Å². The third-order valence-electron chi connectivity index (χ3n) is 5.32. The molecule has 4 rings (SSSR count). The first-order chi connectivity index (χ1) is 14.7. The first kappa shape index (κ1) is 19.9. The zero-order chi connectivity index (χ0) is 20.8. The van der Waals surface area contributed by atoms with E-state index in [0.717, 1.165) is 30.9 Å². The number of carbonyl (C=O) groups is 1. The Balaban J connectivity index is 1.32. The topological polar surface area (TPSA) is 61.5 Å². The van der Waals surface area contributed by atoms with Crippen LogP contribution >= 0.6 is 0 Å². The molecule has 1 fully saturated rings. The van der Waals surface area contributed by atoms with Crippen LogP contribution < -0.4 is 4.74 Å². The van der Waals surface area contributed by atoms with Crippen LogP contribution in [0.3, 0.4) is 0 Å². The van der Waals surface area contributed by atoms with E-state index in [1.165, 1.54) is 5.56 Å². The van der Waals surface area contributed by atoms with Gasteiger partial charge in [0, 0.05) is 38.3 Å². The Morgan fingerprint density at radius 3 is 2.57 bits per heavy atom. The SMILES string of the molecule is COc1ccccc1-c1cc(C(=O)N2CCN(CC=Cc3ccccc3)CC2)[nH]n1. The molecular formula is C24H26N4O2. The lowest BCUT2D eigenvalue weighted by molar-refractivity contribution is 0.0644. The fourth-order valence-electron chi connectivity index (χ4n) is 3.63. The molecule has 0 unspecified atom stereocenters. The second kappa shape index (κ2) is 9.41. The summed E-state index contributed by atoms with van der Waals surface area (Å²) in [4.78, 5) is 17.1. The third kappa shape index (κ3) is 4.60. The molecule has 154 valence electrons. The van der Waals surface area contributed by atoms with Crippen LogP contribution in [0.5, 0.6) is 5.75 Å². The quantitative estimate of drug-likeness (QED) is 0.685. The number of nitrogens with zero attached hydrogens (tertiary/aromatic N) is 3. The molecular weight excluding hydrogens is 376 g/mol. The summed E-state index contributed by atoms with van der Waals surface area (Å²) in [5.41, 5.74) is 3.29. The van der Waals surface area contributed by atoms with Crippen molar-refractivity contribution in [2.45, 2.75) is 0 Å². The van der Waals surface area contributed by atoms with Crippen molar-refractivity contribution >= 4 is 12.0 Å². The van der Waals surface area contributed by atoms with Gasteiger partial charge in [0.15, 0.2) is 0 Å². The number of H-pyrrole nitrogens is 1. The van der Waals surface area contributed by atoms with Crippen LogP contribution in [0.1, 0.15) is 16.1 Å². The van der Waals surface area contributed by atoms with Gasteiger partial charge in [-0.25, -0.2) is 0 Å². The molecule has 1 aliphatic heterocycles. The second-order valence-corrected chi connectivity index (χ2v) is 7.27. The lowest BCUT2D eigenvalue weighted by Gasteiger charge is -2.33. The first-order valence-electron chi connectivity index (χ1n) is 10.2. The molecule has 1 N–H and O–H groups in total. The molecule has 2 aromatic carbocycles. The summed E-state index contributed by atoms with van der Waals surface area (Å²) >= 11 is 0. The van der Waals surface area contributed by atoms with E-state index >= 15 is 0 Å². The van der Waals surface area contributed by atoms with Crippen LogP contribution in [0.4, 0.5) is 0 Å². The smallest absolute Gasteiger partial charge is 0.271 e. The highest BCUT2D eigenvalue weighted by atomic mass is 16.5. The van der Waals surface area contributed by atoms with Crippen molar-refractivity contribution in [3.8, 4) is 17.0 Å². The molecule has 1 saturated heterocycles. The maximum absolute atomic E-state index is 12.9. The van der Waals surface area contributed by atoms with E-state index in [1.54, 1.807) is 13.2 Å². The van der Waals surface area contributed by atoms with Crippen molar-refractivity contribution in [2.24, 2.45) is 0 Å². The maximum Gasteiger partial charge on any atom is 0.271 e. The van der Waals surface area contributed by atoms with Crippen LogP contribution in [0.15, 0.2) is 66.7 Å². The minimum atomic E-state index is -0.0110. The molecule has 6 nitrogen and oxygen atoms in total. The molecule has 30 heavy (non-hydrogen) atoms. The fraction of sp³-hybridized carbons (Fsp3) is 0.250. The summed E-state index contributed by atoms with van der Waals surface area (Å²) in [7, 11) is 1.63.